The third-order valence-electron chi connectivity index (χ3n) is 8.00. The van der Waals surface area contributed by atoms with Crippen molar-refractivity contribution in [3.05, 3.63) is 60.0 Å². The molecule has 2 fully saturated rings. The average molecular weight is 484 g/mol. The first kappa shape index (κ1) is 21.2. The molecule has 4 heterocycles. The fraction of sp³-hybridized carbons (Fsp3) is 0.370. The van der Waals surface area contributed by atoms with Crippen LogP contribution in [0.25, 0.3) is 33.1 Å². The van der Waals surface area contributed by atoms with Gasteiger partial charge in [0.05, 0.1) is 24.5 Å². The average Bonchev–Trinajstić information content (AvgIpc) is 3.63. The molecule has 7 nitrogen and oxygen atoms in total. The van der Waals surface area contributed by atoms with Crippen molar-refractivity contribution in [2.45, 2.75) is 43.7 Å². The van der Waals surface area contributed by atoms with Gasteiger partial charge in [-0.25, -0.2) is 4.68 Å². The van der Waals surface area contributed by atoms with E-state index >= 15 is 0 Å². The van der Waals surface area contributed by atoms with Crippen LogP contribution in [0.15, 0.2) is 53.7 Å². The van der Waals surface area contributed by atoms with Gasteiger partial charge in [-0.2, -0.15) is 5.10 Å². The minimum absolute atomic E-state index is 0.649. The van der Waals surface area contributed by atoms with Crippen molar-refractivity contribution in [2.75, 3.05) is 19.3 Å². The second-order valence-electron chi connectivity index (χ2n) is 10.3. The number of hydrogen-bond donors (Lipinski definition) is 2. The summed E-state index contributed by atoms with van der Waals surface area (Å²) < 4.78 is 1.92. The number of hydrogen-bond acceptors (Lipinski definition) is 5. The number of aromatic amines is 2. The molecule has 7 rings (SSSR count). The van der Waals surface area contributed by atoms with Crippen LogP contribution in [0.2, 0.25) is 0 Å². The fourth-order valence-electron chi connectivity index (χ4n) is 5.95. The standard InChI is InChI=1S/C27H29N7S/c1-35-21-11-22(23-13-28-30-25(23)12-21)26-16-34(32-31-26)14-18-3-4-19-10-20(29-24(19)9-18)15-33-8-7-27(17-33)5-2-6-27/h3-4,9-13,16,29H,2,5-8,14-15,17H2,1H3,(H,28,30). The summed E-state index contributed by atoms with van der Waals surface area (Å²) in [7, 11) is 0. The highest BCUT2D eigenvalue weighted by atomic mass is 32.2. The first-order valence-electron chi connectivity index (χ1n) is 12.4. The molecule has 2 N–H and O–H groups in total. The topological polar surface area (TPSA) is 78.4 Å². The van der Waals surface area contributed by atoms with Crippen molar-refractivity contribution < 1.29 is 0 Å². The van der Waals surface area contributed by atoms with Crippen LogP contribution in [-0.4, -0.2) is 54.4 Å². The lowest BCUT2D eigenvalue weighted by Gasteiger charge is -2.38. The zero-order valence-corrected chi connectivity index (χ0v) is 20.7. The molecule has 1 aliphatic carbocycles. The molecule has 0 amide bonds. The van der Waals surface area contributed by atoms with Gasteiger partial charge in [0.1, 0.15) is 5.69 Å². The summed E-state index contributed by atoms with van der Waals surface area (Å²) in [5.41, 5.74) is 7.31. The first-order valence-corrected chi connectivity index (χ1v) is 13.6. The molecule has 178 valence electrons. The summed E-state index contributed by atoms with van der Waals surface area (Å²) in [4.78, 5) is 7.48. The third kappa shape index (κ3) is 3.85. The number of H-pyrrole nitrogens is 2. The fourth-order valence-corrected chi connectivity index (χ4v) is 6.42. The Morgan fingerprint density at radius 3 is 2.83 bits per heavy atom. The highest BCUT2D eigenvalue weighted by molar-refractivity contribution is 7.98. The van der Waals surface area contributed by atoms with Gasteiger partial charge in [0, 0.05) is 40.1 Å². The Morgan fingerprint density at radius 2 is 2.00 bits per heavy atom. The second kappa shape index (κ2) is 8.24. The largest absolute Gasteiger partial charge is 0.357 e. The molecule has 0 atom stereocenters. The normalized spacial score (nSPS) is 17.6. The number of benzene rings is 2. The van der Waals surface area contributed by atoms with Gasteiger partial charge in [-0.3, -0.25) is 10.00 Å². The Hall–Kier alpha value is -3.10. The van der Waals surface area contributed by atoms with Gasteiger partial charge in [-0.1, -0.05) is 23.8 Å². The molecule has 35 heavy (non-hydrogen) atoms. The van der Waals surface area contributed by atoms with Gasteiger partial charge in [0.25, 0.3) is 0 Å². The maximum atomic E-state index is 4.48. The molecule has 5 aromatic rings. The van der Waals surface area contributed by atoms with Crippen LogP contribution in [0.1, 0.15) is 36.9 Å². The zero-order valence-electron chi connectivity index (χ0n) is 19.9. The quantitative estimate of drug-likeness (QED) is 0.314. The van der Waals surface area contributed by atoms with E-state index in [2.05, 4.69) is 73.0 Å². The third-order valence-corrected chi connectivity index (χ3v) is 8.70. The Kier molecular flexibility index (Phi) is 4.99. The highest BCUT2D eigenvalue weighted by Gasteiger charge is 2.42. The zero-order chi connectivity index (χ0) is 23.4. The molecule has 1 spiro atoms. The minimum Gasteiger partial charge on any atom is -0.357 e. The van der Waals surface area contributed by atoms with Crippen LogP contribution < -0.4 is 0 Å². The second-order valence-corrected chi connectivity index (χ2v) is 11.2. The van der Waals surface area contributed by atoms with E-state index in [9.17, 15) is 0 Å². The Labute approximate surface area is 208 Å². The smallest absolute Gasteiger partial charge is 0.113 e. The van der Waals surface area contributed by atoms with Crippen LogP contribution in [-0.2, 0) is 13.1 Å². The lowest BCUT2D eigenvalue weighted by molar-refractivity contribution is 0.137. The predicted molar refractivity (Wildman–Crippen MR) is 140 cm³/mol. The van der Waals surface area contributed by atoms with Crippen LogP contribution >= 0.6 is 11.8 Å². The Bertz CT molecular complexity index is 1520. The van der Waals surface area contributed by atoms with Crippen molar-refractivity contribution in [3.8, 4) is 11.3 Å². The van der Waals surface area contributed by atoms with Gasteiger partial charge >= 0.3 is 0 Å². The summed E-state index contributed by atoms with van der Waals surface area (Å²) in [5, 5.41) is 18.5. The lowest BCUT2D eigenvalue weighted by Crippen LogP contribution is -2.32. The van der Waals surface area contributed by atoms with Crippen molar-refractivity contribution in [1.29, 1.82) is 0 Å². The maximum Gasteiger partial charge on any atom is 0.113 e. The van der Waals surface area contributed by atoms with E-state index in [1.165, 1.54) is 65.8 Å². The number of nitrogens with zero attached hydrogens (tertiary/aromatic N) is 5. The van der Waals surface area contributed by atoms with Crippen LogP contribution in [0.4, 0.5) is 0 Å². The SMILES string of the molecule is CSc1cc(-c2cn(Cc3ccc4cc(CN5CCC6(CCC6)C5)[nH]c4c3)nn2)c2cn[nH]c2c1. The van der Waals surface area contributed by atoms with Crippen molar-refractivity contribution in [3.63, 3.8) is 0 Å². The van der Waals surface area contributed by atoms with Crippen molar-refractivity contribution in [2.24, 2.45) is 5.41 Å². The number of rotatable bonds is 6. The van der Waals surface area contributed by atoms with E-state index < -0.39 is 0 Å². The van der Waals surface area contributed by atoms with Gasteiger partial charge in [0.2, 0.25) is 0 Å². The molecule has 0 radical (unpaired) electrons. The van der Waals surface area contributed by atoms with E-state index in [0.717, 1.165) is 28.7 Å². The van der Waals surface area contributed by atoms with Crippen molar-refractivity contribution in [1.82, 2.24) is 35.1 Å². The summed E-state index contributed by atoms with van der Waals surface area (Å²) in [5.74, 6) is 0. The number of fused-ring (bicyclic) bond motifs is 2. The Morgan fingerprint density at radius 1 is 1.06 bits per heavy atom. The number of nitrogens with one attached hydrogen (secondary N) is 2. The molecule has 0 bridgehead atoms. The molecule has 1 saturated heterocycles. The first-order chi connectivity index (χ1) is 17.2. The van der Waals surface area contributed by atoms with E-state index in [4.69, 9.17) is 0 Å². The van der Waals surface area contributed by atoms with Crippen molar-refractivity contribution >= 4 is 33.6 Å². The molecule has 1 saturated carbocycles. The minimum atomic E-state index is 0.649. The van der Waals surface area contributed by atoms with E-state index in [1.54, 1.807) is 11.8 Å². The molecule has 0 unspecified atom stereocenters. The van der Waals surface area contributed by atoms with Gasteiger partial charge < -0.3 is 4.98 Å². The van der Waals surface area contributed by atoms with E-state index in [0.29, 0.717) is 12.0 Å². The summed E-state index contributed by atoms with van der Waals surface area (Å²) in [6.45, 7) is 4.21. The monoisotopic (exact) mass is 483 g/mol. The number of thioether (sulfide) groups is 1. The van der Waals surface area contributed by atoms with Crippen LogP contribution in [0.3, 0.4) is 0 Å². The number of aromatic nitrogens is 6. The van der Waals surface area contributed by atoms with Gasteiger partial charge in [-0.05, 0) is 72.7 Å². The van der Waals surface area contributed by atoms with Gasteiger partial charge in [-0.15, -0.1) is 16.9 Å². The van der Waals surface area contributed by atoms with E-state index in [1.807, 2.05) is 17.1 Å². The summed E-state index contributed by atoms with van der Waals surface area (Å²) in [6, 6.07) is 13.3. The maximum absolute atomic E-state index is 4.48. The lowest BCUT2D eigenvalue weighted by atomic mass is 9.68. The summed E-state index contributed by atoms with van der Waals surface area (Å²) >= 11 is 1.71. The molecule has 8 heteroatoms. The van der Waals surface area contributed by atoms with Crippen LogP contribution in [0.5, 0.6) is 0 Å². The number of likely N-dealkylation sites (tertiary alicyclic amines) is 1. The summed E-state index contributed by atoms with van der Waals surface area (Å²) in [6.07, 6.45) is 11.6. The highest BCUT2D eigenvalue weighted by Crippen LogP contribution is 2.48. The predicted octanol–water partition coefficient (Wildman–Crippen LogP) is 5.45. The molecule has 3 aromatic heterocycles. The van der Waals surface area contributed by atoms with Gasteiger partial charge in [0.15, 0.2) is 0 Å². The molecule has 1 aliphatic heterocycles. The molecular formula is C27H29N7S. The molecular weight excluding hydrogens is 454 g/mol. The Balaban J connectivity index is 1.10. The molecule has 2 aromatic carbocycles. The molecule has 2 aliphatic rings. The van der Waals surface area contributed by atoms with Crippen LogP contribution in [0, 0.1) is 5.41 Å². The van der Waals surface area contributed by atoms with E-state index in [-0.39, 0.29) is 0 Å².